The Bertz CT molecular complexity index is 553. The summed E-state index contributed by atoms with van der Waals surface area (Å²) in [5.41, 5.74) is 1.79. The average molecular weight is 345 g/mol. The Balaban J connectivity index is 1.63. The van der Waals surface area contributed by atoms with Crippen molar-refractivity contribution < 1.29 is 27.8 Å². The van der Waals surface area contributed by atoms with E-state index >= 15 is 0 Å². The van der Waals surface area contributed by atoms with Crippen molar-refractivity contribution in [2.45, 2.75) is 37.6 Å². The van der Waals surface area contributed by atoms with Gasteiger partial charge in [0.1, 0.15) is 11.9 Å². The molecule has 1 aromatic rings. The van der Waals surface area contributed by atoms with Crippen LogP contribution >= 0.6 is 0 Å². The molecule has 0 spiro atoms. The van der Waals surface area contributed by atoms with Crippen LogP contribution in [0.3, 0.4) is 0 Å². The van der Waals surface area contributed by atoms with E-state index in [1.807, 2.05) is 18.2 Å². The molecule has 1 aromatic carbocycles. The minimum absolute atomic E-state index is 0.0131. The maximum atomic E-state index is 12.5. The molecule has 1 N–H and O–H groups in total. The molecule has 3 rings (SSSR count). The molecule has 24 heavy (non-hydrogen) atoms. The van der Waals surface area contributed by atoms with E-state index in [2.05, 4.69) is 0 Å². The van der Waals surface area contributed by atoms with Gasteiger partial charge in [0.15, 0.2) is 0 Å². The third kappa shape index (κ3) is 4.40. The van der Waals surface area contributed by atoms with Crippen molar-refractivity contribution >= 4 is 0 Å². The molecule has 0 atom stereocenters. The van der Waals surface area contributed by atoms with Crippen LogP contribution in [0.15, 0.2) is 18.2 Å². The monoisotopic (exact) mass is 345 g/mol. The summed E-state index contributed by atoms with van der Waals surface area (Å²) in [6.45, 7) is 1.04. The molecule has 2 fully saturated rings. The number of hydrogen-bond acceptors (Lipinski definition) is 4. The lowest BCUT2D eigenvalue weighted by molar-refractivity contribution is -0.147. The molecule has 0 unspecified atom stereocenters. The number of hydrogen-bond donors (Lipinski definition) is 1. The van der Waals surface area contributed by atoms with Crippen LogP contribution in [0.1, 0.15) is 29.9 Å². The zero-order valence-electron chi connectivity index (χ0n) is 13.4. The summed E-state index contributed by atoms with van der Waals surface area (Å²) in [6.07, 6.45) is -2.73. The Morgan fingerprint density at radius 2 is 1.92 bits per heavy atom. The summed E-state index contributed by atoms with van der Waals surface area (Å²) >= 11 is 0. The maximum absolute atomic E-state index is 12.5. The van der Waals surface area contributed by atoms with Gasteiger partial charge in [0.25, 0.3) is 0 Å². The van der Waals surface area contributed by atoms with Crippen molar-refractivity contribution in [2.24, 2.45) is 0 Å². The van der Waals surface area contributed by atoms with Gasteiger partial charge >= 0.3 is 6.18 Å². The minimum atomic E-state index is -4.14. The van der Waals surface area contributed by atoms with Crippen LogP contribution < -0.4 is 4.74 Å². The molecule has 0 saturated carbocycles. The zero-order chi connectivity index (χ0) is 17.2. The van der Waals surface area contributed by atoms with Crippen LogP contribution in [0.4, 0.5) is 13.2 Å². The molecule has 0 radical (unpaired) electrons. The van der Waals surface area contributed by atoms with Gasteiger partial charge in [-0.25, -0.2) is 0 Å². The van der Waals surface area contributed by atoms with E-state index < -0.39 is 12.7 Å². The van der Waals surface area contributed by atoms with Crippen LogP contribution in [-0.2, 0) is 11.3 Å². The molecule has 2 saturated heterocycles. The molecule has 0 aliphatic carbocycles. The summed E-state index contributed by atoms with van der Waals surface area (Å²) in [5, 5.41) is 9.44. The number of rotatable bonds is 5. The van der Waals surface area contributed by atoms with E-state index in [0.29, 0.717) is 44.9 Å². The van der Waals surface area contributed by atoms with Gasteiger partial charge in [-0.05, 0) is 43.5 Å². The fraction of sp³-hybridized carbons (Fsp3) is 0.647. The fourth-order valence-electron chi connectivity index (χ4n) is 3.21. The van der Waals surface area contributed by atoms with Gasteiger partial charge in [0.2, 0.25) is 0 Å². The highest BCUT2D eigenvalue weighted by molar-refractivity contribution is 5.39. The van der Waals surface area contributed by atoms with E-state index in [1.165, 1.54) is 4.90 Å². The SMILES string of the molecule is OCc1ccc(C2CCN(CC(F)(F)F)CC2)cc1OC1COC1. The van der Waals surface area contributed by atoms with Crippen molar-refractivity contribution in [1.82, 2.24) is 4.90 Å². The molecule has 4 nitrogen and oxygen atoms in total. The molecule has 2 aliphatic rings. The second kappa shape index (κ2) is 7.29. The van der Waals surface area contributed by atoms with Crippen LogP contribution in [0, 0.1) is 0 Å². The summed E-state index contributed by atoms with van der Waals surface area (Å²) in [7, 11) is 0. The third-order valence-electron chi connectivity index (χ3n) is 4.62. The lowest BCUT2D eigenvalue weighted by Crippen LogP contribution is -2.39. The smallest absolute Gasteiger partial charge is 0.401 e. The highest BCUT2D eigenvalue weighted by atomic mass is 19.4. The lowest BCUT2D eigenvalue weighted by Gasteiger charge is -2.33. The van der Waals surface area contributed by atoms with Gasteiger partial charge in [-0.15, -0.1) is 0 Å². The van der Waals surface area contributed by atoms with Crippen LogP contribution in [0.2, 0.25) is 0 Å². The number of benzene rings is 1. The molecule has 7 heteroatoms. The maximum Gasteiger partial charge on any atom is 0.401 e. The van der Waals surface area contributed by atoms with Gasteiger partial charge in [-0.2, -0.15) is 13.2 Å². The first kappa shape index (κ1) is 17.5. The normalized spacial score (nSPS) is 20.8. The molecular formula is C17H22F3NO3. The Morgan fingerprint density at radius 1 is 1.21 bits per heavy atom. The lowest BCUT2D eigenvalue weighted by atomic mass is 9.88. The van der Waals surface area contributed by atoms with E-state index in [9.17, 15) is 18.3 Å². The van der Waals surface area contributed by atoms with Gasteiger partial charge < -0.3 is 14.6 Å². The van der Waals surface area contributed by atoms with Crippen molar-refractivity contribution in [3.8, 4) is 5.75 Å². The Labute approximate surface area is 139 Å². The largest absolute Gasteiger partial charge is 0.485 e. The summed E-state index contributed by atoms with van der Waals surface area (Å²) in [6, 6.07) is 5.71. The van der Waals surface area contributed by atoms with Gasteiger partial charge in [-0.1, -0.05) is 12.1 Å². The average Bonchev–Trinajstić information content (AvgIpc) is 2.50. The highest BCUT2D eigenvalue weighted by Crippen LogP contribution is 2.33. The standard InChI is InChI=1S/C17H22F3NO3/c18-17(19,20)11-21-5-3-12(4-6-21)13-1-2-14(8-22)16(7-13)24-15-9-23-10-15/h1-2,7,12,15,22H,3-6,8-11H2. The Kier molecular flexibility index (Phi) is 5.32. The summed E-state index contributed by atoms with van der Waals surface area (Å²) in [4.78, 5) is 1.46. The number of nitrogens with zero attached hydrogens (tertiary/aromatic N) is 1. The molecule has 2 heterocycles. The predicted octanol–water partition coefficient (Wildman–Crippen LogP) is 2.70. The van der Waals surface area contributed by atoms with Crippen molar-refractivity contribution in [3.63, 3.8) is 0 Å². The highest BCUT2D eigenvalue weighted by Gasteiger charge is 2.33. The Morgan fingerprint density at radius 3 is 2.46 bits per heavy atom. The molecule has 0 amide bonds. The first-order valence-corrected chi connectivity index (χ1v) is 8.22. The van der Waals surface area contributed by atoms with Gasteiger partial charge in [0, 0.05) is 5.56 Å². The summed E-state index contributed by atoms with van der Waals surface area (Å²) in [5.74, 6) is 0.878. The first-order chi connectivity index (χ1) is 11.4. The number of alkyl halides is 3. The van der Waals surface area contributed by atoms with E-state index in [1.54, 1.807) is 0 Å². The quantitative estimate of drug-likeness (QED) is 0.891. The number of piperidine rings is 1. The number of aliphatic hydroxyl groups is 1. The van der Waals surface area contributed by atoms with Crippen LogP contribution in [-0.4, -0.2) is 55.1 Å². The zero-order valence-corrected chi connectivity index (χ0v) is 13.4. The summed E-state index contributed by atoms with van der Waals surface area (Å²) < 4.78 is 48.3. The van der Waals surface area contributed by atoms with Gasteiger partial charge in [-0.3, -0.25) is 4.90 Å². The second-order valence-electron chi connectivity index (χ2n) is 6.47. The minimum Gasteiger partial charge on any atom is -0.485 e. The molecule has 0 aromatic heterocycles. The van der Waals surface area contributed by atoms with Crippen molar-refractivity contribution in [1.29, 1.82) is 0 Å². The molecule has 0 bridgehead atoms. The number of ether oxygens (including phenoxy) is 2. The topological polar surface area (TPSA) is 41.9 Å². The van der Waals surface area contributed by atoms with E-state index in [0.717, 1.165) is 11.1 Å². The Hall–Kier alpha value is -1.31. The van der Waals surface area contributed by atoms with Crippen molar-refractivity contribution in [2.75, 3.05) is 32.8 Å². The van der Waals surface area contributed by atoms with Crippen LogP contribution in [0.5, 0.6) is 5.75 Å². The predicted molar refractivity (Wildman–Crippen MR) is 82.1 cm³/mol. The molecule has 2 aliphatic heterocycles. The van der Waals surface area contributed by atoms with E-state index in [4.69, 9.17) is 9.47 Å². The number of halogens is 3. The number of aliphatic hydroxyl groups excluding tert-OH is 1. The van der Waals surface area contributed by atoms with Crippen LogP contribution in [0.25, 0.3) is 0 Å². The molecule has 134 valence electrons. The fourth-order valence-corrected chi connectivity index (χ4v) is 3.21. The number of likely N-dealkylation sites (tertiary alicyclic amines) is 1. The first-order valence-electron chi connectivity index (χ1n) is 8.22. The van der Waals surface area contributed by atoms with E-state index in [-0.39, 0.29) is 18.6 Å². The molecular weight excluding hydrogens is 323 g/mol. The van der Waals surface area contributed by atoms with Crippen molar-refractivity contribution in [3.05, 3.63) is 29.3 Å². The van der Waals surface area contributed by atoms with Gasteiger partial charge in [0.05, 0.1) is 26.4 Å². The third-order valence-corrected chi connectivity index (χ3v) is 4.62. The second-order valence-corrected chi connectivity index (χ2v) is 6.47.